The Morgan fingerprint density at radius 3 is 2.63 bits per heavy atom. The molecule has 0 atom stereocenters. The first-order valence-corrected chi connectivity index (χ1v) is 9.67. The quantitative estimate of drug-likeness (QED) is 0.531. The van der Waals surface area contributed by atoms with Crippen molar-refractivity contribution in [1.29, 1.82) is 0 Å². The number of aromatic nitrogens is 3. The molecule has 0 bridgehead atoms. The van der Waals surface area contributed by atoms with Crippen molar-refractivity contribution < 1.29 is 9.53 Å². The molecule has 1 amide bonds. The van der Waals surface area contributed by atoms with Gasteiger partial charge in [-0.1, -0.05) is 31.2 Å². The van der Waals surface area contributed by atoms with Crippen molar-refractivity contribution >= 4 is 17.2 Å². The first-order chi connectivity index (χ1) is 14.5. The van der Waals surface area contributed by atoms with Crippen LogP contribution < -0.4 is 15.6 Å². The molecular formula is C23H22N4O3. The average Bonchev–Trinajstić information content (AvgIpc) is 3.14. The molecule has 7 heteroatoms. The Bertz CT molecular complexity index is 1290. The lowest BCUT2D eigenvalue weighted by Crippen LogP contribution is -2.14. The van der Waals surface area contributed by atoms with Gasteiger partial charge in [0.05, 0.1) is 12.7 Å². The second-order valence-corrected chi connectivity index (χ2v) is 7.00. The van der Waals surface area contributed by atoms with Crippen molar-refractivity contribution in [3.63, 3.8) is 0 Å². The number of hydrogen-bond donors (Lipinski definition) is 2. The molecule has 2 heterocycles. The lowest BCUT2D eigenvalue weighted by atomic mass is 10.0. The molecule has 152 valence electrons. The van der Waals surface area contributed by atoms with E-state index in [0.717, 1.165) is 17.5 Å². The monoisotopic (exact) mass is 402 g/mol. The van der Waals surface area contributed by atoms with Gasteiger partial charge in [0.1, 0.15) is 11.4 Å². The van der Waals surface area contributed by atoms with Crippen LogP contribution in [-0.4, -0.2) is 27.6 Å². The van der Waals surface area contributed by atoms with E-state index in [-0.39, 0.29) is 17.2 Å². The number of methoxy groups -OCH3 is 1. The van der Waals surface area contributed by atoms with E-state index in [1.54, 1.807) is 30.7 Å². The molecule has 0 aliphatic carbocycles. The highest BCUT2D eigenvalue weighted by Gasteiger charge is 2.23. The number of nitrogens with one attached hydrogen (secondary N) is 2. The van der Waals surface area contributed by atoms with Gasteiger partial charge in [-0.25, -0.2) is 4.52 Å². The third-order valence-corrected chi connectivity index (χ3v) is 4.99. The van der Waals surface area contributed by atoms with Gasteiger partial charge in [-0.3, -0.25) is 9.59 Å². The number of hydrogen-bond acceptors (Lipinski definition) is 4. The van der Waals surface area contributed by atoms with E-state index in [4.69, 9.17) is 4.74 Å². The van der Waals surface area contributed by atoms with E-state index in [2.05, 4.69) is 22.3 Å². The fourth-order valence-electron chi connectivity index (χ4n) is 3.44. The van der Waals surface area contributed by atoms with Crippen molar-refractivity contribution in [3.8, 4) is 16.9 Å². The van der Waals surface area contributed by atoms with Crippen LogP contribution in [0, 0.1) is 6.92 Å². The zero-order valence-corrected chi connectivity index (χ0v) is 17.0. The minimum Gasteiger partial charge on any atom is -0.497 e. The Labute approximate surface area is 173 Å². The third-order valence-electron chi connectivity index (χ3n) is 4.99. The number of fused-ring (bicyclic) bond motifs is 1. The number of carbonyl (C=O) groups excluding carboxylic acids is 1. The molecule has 0 unspecified atom stereocenters. The van der Waals surface area contributed by atoms with Crippen LogP contribution in [0.4, 0.5) is 5.69 Å². The Kier molecular flexibility index (Phi) is 5.10. The first-order valence-electron chi connectivity index (χ1n) is 9.67. The highest BCUT2D eigenvalue weighted by molar-refractivity contribution is 6.09. The Hall–Kier alpha value is -3.87. The number of anilines is 1. The van der Waals surface area contributed by atoms with Crippen LogP contribution in [0.15, 0.2) is 59.4 Å². The van der Waals surface area contributed by atoms with Gasteiger partial charge >= 0.3 is 0 Å². The van der Waals surface area contributed by atoms with Crippen LogP contribution in [-0.2, 0) is 6.42 Å². The molecule has 0 spiro atoms. The number of aryl methyl sites for hydroxylation is 2. The SMILES string of the molecule is CCc1cccc(NC(=O)c2nn3c(C)cc(=O)[nH]c3c2-c2ccc(OC)cc2)c1. The van der Waals surface area contributed by atoms with Crippen molar-refractivity contribution in [3.05, 3.63) is 81.9 Å². The number of benzene rings is 2. The molecule has 4 rings (SSSR count). The lowest BCUT2D eigenvalue weighted by Gasteiger charge is -2.07. The van der Waals surface area contributed by atoms with Gasteiger partial charge in [0.2, 0.25) is 0 Å². The van der Waals surface area contributed by atoms with E-state index < -0.39 is 0 Å². The maximum absolute atomic E-state index is 13.2. The highest BCUT2D eigenvalue weighted by Crippen LogP contribution is 2.30. The predicted molar refractivity (Wildman–Crippen MR) is 116 cm³/mol. The first kappa shape index (κ1) is 19.4. The topological polar surface area (TPSA) is 88.5 Å². The molecule has 30 heavy (non-hydrogen) atoms. The summed E-state index contributed by atoms with van der Waals surface area (Å²) < 4.78 is 6.81. The van der Waals surface area contributed by atoms with Crippen LogP contribution in [0.1, 0.15) is 28.7 Å². The number of ether oxygens (including phenoxy) is 1. The summed E-state index contributed by atoms with van der Waals surface area (Å²) in [5.74, 6) is 0.348. The van der Waals surface area contributed by atoms with Crippen molar-refractivity contribution in [1.82, 2.24) is 14.6 Å². The van der Waals surface area contributed by atoms with Crippen molar-refractivity contribution in [2.75, 3.05) is 12.4 Å². The Balaban J connectivity index is 1.86. The predicted octanol–water partition coefficient (Wildman–Crippen LogP) is 3.82. The molecule has 0 aliphatic heterocycles. The average molecular weight is 402 g/mol. The third kappa shape index (κ3) is 3.57. The fraction of sp³-hybridized carbons (Fsp3) is 0.174. The highest BCUT2D eigenvalue weighted by atomic mass is 16.5. The van der Waals surface area contributed by atoms with Gasteiger partial charge in [-0.05, 0) is 48.7 Å². The van der Waals surface area contributed by atoms with Crippen molar-refractivity contribution in [2.45, 2.75) is 20.3 Å². The Morgan fingerprint density at radius 1 is 1.17 bits per heavy atom. The van der Waals surface area contributed by atoms with Crippen LogP contribution in [0.2, 0.25) is 0 Å². The minimum atomic E-state index is -0.349. The summed E-state index contributed by atoms with van der Waals surface area (Å²) in [4.78, 5) is 28.1. The van der Waals surface area contributed by atoms with Gasteiger partial charge in [-0.2, -0.15) is 5.10 Å². The summed E-state index contributed by atoms with van der Waals surface area (Å²) in [6, 6.07) is 16.4. The zero-order chi connectivity index (χ0) is 21.3. The van der Waals surface area contributed by atoms with Gasteiger partial charge in [0.15, 0.2) is 5.69 Å². The summed E-state index contributed by atoms with van der Waals surface area (Å²) in [5, 5.41) is 7.44. The largest absolute Gasteiger partial charge is 0.497 e. The molecule has 2 aromatic carbocycles. The summed E-state index contributed by atoms with van der Waals surface area (Å²) in [7, 11) is 1.59. The fourth-order valence-corrected chi connectivity index (χ4v) is 3.44. The normalized spacial score (nSPS) is 10.9. The van der Waals surface area contributed by atoms with Gasteiger partial charge in [0, 0.05) is 17.4 Å². The number of H-pyrrole nitrogens is 1. The van der Waals surface area contributed by atoms with E-state index in [1.807, 2.05) is 36.4 Å². The van der Waals surface area contributed by atoms with Gasteiger partial charge in [-0.15, -0.1) is 0 Å². The van der Waals surface area contributed by atoms with Gasteiger partial charge < -0.3 is 15.0 Å². The standard InChI is InChI=1S/C23H22N4O3/c1-4-15-6-5-7-17(13-15)24-23(29)21-20(16-8-10-18(30-3)11-9-16)22-25-19(28)12-14(2)27(22)26-21/h5-13H,4H2,1-3H3,(H,24,29)(H,25,28). The van der Waals surface area contributed by atoms with E-state index in [1.165, 1.54) is 6.07 Å². The van der Waals surface area contributed by atoms with E-state index in [9.17, 15) is 9.59 Å². The maximum atomic E-state index is 13.2. The molecule has 0 radical (unpaired) electrons. The summed E-state index contributed by atoms with van der Waals surface area (Å²) in [6.07, 6.45) is 0.871. The second-order valence-electron chi connectivity index (χ2n) is 7.00. The number of rotatable bonds is 5. The Morgan fingerprint density at radius 2 is 1.93 bits per heavy atom. The molecular weight excluding hydrogens is 380 g/mol. The van der Waals surface area contributed by atoms with Crippen LogP contribution >= 0.6 is 0 Å². The number of amides is 1. The molecule has 2 aromatic heterocycles. The minimum absolute atomic E-state index is 0.229. The molecule has 0 aliphatic rings. The number of nitrogens with zero attached hydrogens (tertiary/aromatic N) is 2. The van der Waals surface area contributed by atoms with Gasteiger partial charge in [0.25, 0.3) is 11.5 Å². The summed E-state index contributed by atoms with van der Waals surface area (Å²) in [5.41, 5.74) is 4.21. The van der Waals surface area contributed by atoms with E-state index in [0.29, 0.717) is 28.3 Å². The van der Waals surface area contributed by atoms with Crippen LogP contribution in [0.3, 0.4) is 0 Å². The van der Waals surface area contributed by atoms with Crippen molar-refractivity contribution in [2.24, 2.45) is 0 Å². The van der Waals surface area contributed by atoms with E-state index >= 15 is 0 Å². The van der Waals surface area contributed by atoms with Crippen LogP contribution in [0.25, 0.3) is 16.8 Å². The lowest BCUT2D eigenvalue weighted by molar-refractivity contribution is 0.102. The number of aromatic amines is 1. The molecule has 7 nitrogen and oxygen atoms in total. The smallest absolute Gasteiger partial charge is 0.276 e. The molecule has 0 fully saturated rings. The second kappa shape index (κ2) is 7.87. The molecule has 2 N–H and O–H groups in total. The molecule has 4 aromatic rings. The number of carbonyl (C=O) groups is 1. The van der Waals surface area contributed by atoms with Crippen LogP contribution in [0.5, 0.6) is 5.75 Å². The summed E-state index contributed by atoms with van der Waals surface area (Å²) in [6.45, 7) is 3.84. The molecule has 0 saturated carbocycles. The molecule has 0 saturated heterocycles. The summed E-state index contributed by atoms with van der Waals surface area (Å²) >= 11 is 0. The maximum Gasteiger partial charge on any atom is 0.276 e. The zero-order valence-electron chi connectivity index (χ0n) is 17.0.